The Kier molecular flexibility index (Phi) is 3.72. The molecule has 1 fully saturated rings. The Morgan fingerprint density at radius 3 is 2.47 bits per heavy atom. The summed E-state index contributed by atoms with van der Waals surface area (Å²) in [7, 11) is 0. The molecule has 2 nitrogen and oxygen atoms in total. The second-order valence-electron chi connectivity index (χ2n) is 4.41. The SMILES string of the molecule is O=C[C@H]1C[C@H](C#Cc2ccccc2)[C@@H](C=O)C1. The van der Waals surface area contributed by atoms with Gasteiger partial charge in [0.25, 0.3) is 0 Å². The van der Waals surface area contributed by atoms with E-state index in [0.29, 0.717) is 12.8 Å². The van der Waals surface area contributed by atoms with E-state index in [-0.39, 0.29) is 17.8 Å². The van der Waals surface area contributed by atoms with Crippen LogP contribution in [0.3, 0.4) is 0 Å². The minimum Gasteiger partial charge on any atom is -0.303 e. The molecule has 1 aliphatic carbocycles. The molecule has 0 N–H and O–H groups in total. The molecule has 0 radical (unpaired) electrons. The van der Waals surface area contributed by atoms with Gasteiger partial charge in [-0.3, -0.25) is 0 Å². The Balaban J connectivity index is 2.11. The van der Waals surface area contributed by atoms with E-state index < -0.39 is 0 Å². The highest BCUT2D eigenvalue weighted by atomic mass is 16.1. The summed E-state index contributed by atoms with van der Waals surface area (Å²) >= 11 is 0. The minimum atomic E-state index is -0.0820. The fourth-order valence-electron chi connectivity index (χ4n) is 2.24. The van der Waals surface area contributed by atoms with Gasteiger partial charge in [0, 0.05) is 23.3 Å². The third-order valence-electron chi connectivity index (χ3n) is 3.19. The summed E-state index contributed by atoms with van der Waals surface area (Å²) in [4.78, 5) is 21.6. The largest absolute Gasteiger partial charge is 0.303 e. The van der Waals surface area contributed by atoms with Gasteiger partial charge in [0.15, 0.2) is 0 Å². The first kappa shape index (κ1) is 11.6. The van der Waals surface area contributed by atoms with Crippen molar-refractivity contribution in [3.05, 3.63) is 35.9 Å². The van der Waals surface area contributed by atoms with Gasteiger partial charge in [-0.1, -0.05) is 30.0 Å². The molecule has 1 aromatic rings. The predicted octanol–water partition coefficient (Wildman–Crippen LogP) is 2.08. The van der Waals surface area contributed by atoms with Crippen molar-refractivity contribution in [3.63, 3.8) is 0 Å². The molecule has 2 rings (SSSR count). The Hall–Kier alpha value is -1.88. The second kappa shape index (κ2) is 5.45. The number of aldehydes is 2. The maximum Gasteiger partial charge on any atom is 0.124 e. The average Bonchev–Trinajstić information content (AvgIpc) is 2.80. The lowest BCUT2D eigenvalue weighted by Crippen LogP contribution is -2.06. The van der Waals surface area contributed by atoms with Crippen molar-refractivity contribution >= 4 is 12.6 Å². The van der Waals surface area contributed by atoms with E-state index in [1.54, 1.807) is 0 Å². The van der Waals surface area contributed by atoms with Crippen molar-refractivity contribution in [2.45, 2.75) is 12.8 Å². The summed E-state index contributed by atoms with van der Waals surface area (Å²) in [6.07, 6.45) is 3.25. The first-order chi connectivity index (χ1) is 8.33. The molecule has 3 atom stereocenters. The van der Waals surface area contributed by atoms with Crippen LogP contribution in [0.4, 0.5) is 0 Å². The molecular formula is C15H14O2. The molecule has 0 unspecified atom stereocenters. The van der Waals surface area contributed by atoms with Gasteiger partial charge in [-0.2, -0.15) is 0 Å². The van der Waals surface area contributed by atoms with Gasteiger partial charge in [-0.25, -0.2) is 0 Å². The average molecular weight is 226 g/mol. The van der Waals surface area contributed by atoms with Gasteiger partial charge < -0.3 is 9.59 Å². The van der Waals surface area contributed by atoms with E-state index in [2.05, 4.69) is 11.8 Å². The van der Waals surface area contributed by atoms with Crippen molar-refractivity contribution in [1.29, 1.82) is 0 Å². The summed E-state index contributed by atoms with van der Waals surface area (Å²) in [6.45, 7) is 0. The van der Waals surface area contributed by atoms with Crippen molar-refractivity contribution in [3.8, 4) is 11.8 Å². The van der Waals surface area contributed by atoms with Gasteiger partial charge in [0.2, 0.25) is 0 Å². The summed E-state index contributed by atoms with van der Waals surface area (Å²) in [6, 6.07) is 9.69. The molecule has 0 bridgehead atoms. The van der Waals surface area contributed by atoms with Crippen LogP contribution < -0.4 is 0 Å². The molecule has 1 aromatic carbocycles. The summed E-state index contributed by atoms with van der Waals surface area (Å²) in [5, 5.41) is 0. The van der Waals surface area contributed by atoms with Gasteiger partial charge >= 0.3 is 0 Å². The molecule has 0 aromatic heterocycles. The first-order valence-electron chi connectivity index (χ1n) is 5.80. The zero-order chi connectivity index (χ0) is 12.1. The molecule has 0 heterocycles. The molecule has 0 amide bonds. The Bertz CT molecular complexity index is 453. The van der Waals surface area contributed by atoms with Crippen LogP contribution in [0, 0.1) is 29.6 Å². The lowest BCUT2D eigenvalue weighted by molar-refractivity contribution is -0.112. The standard InChI is InChI=1S/C15H14O2/c16-10-13-8-14(15(9-13)11-17)7-6-12-4-2-1-3-5-12/h1-5,10-11,13-15H,8-9H2/t13-,14-,15+/m0/s1. The molecule has 0 saturated heterocycles. The second-order valence-corrected chi connectivity index (χ2v) is 4.41. The fourth-order valence-corrected chi connectivity index (χ4v) is 2.24. The Morgan fingerprint density at radius 2 is 1.82 bits per heavy atom. The molecule has 2 heteroatoms. The highest BCUT2D eigenvalue weighted by Crippen LogP contribution is 2.33. The number of hydrogen-bond donors (Lipinski definition) is 0. The van der Waals surface area contributed by atoms with E-state index in [1.807, 2.05) is 30.3 Å². The Morgan fingerprint density at radius 1 is 1.06 bits per heavy atom. The highest BCUT2D eigenvalue weighted by Gasteiger charge is 2.32. The number of rotatable bonds is 2. The van der Waals surface area contributed by atoms with E-state index in [4.69, 9.17) is 0 Å². The minimum absolute atomic E-state index is 0.000253. The van der Waals surface area contributed by atoms with Crippen LogP contribution in [0.2, 0.25) is 0 Å². The van der Waals surface area contributed by atoms with E-state index >= 15 is 0 Å². The van der Waals surface area contributed by atoms with Crippen molar-refractivity contribution in [2.24, 2.45) is 17.8 Å². The fraction of sp³-hybridized carbons (Fsp3) is 0.333. The molecule has 17 heavy (non-hydrogen) atoms. The molecule has 1 saturated carbocycles. The number of carbonyl (C=O) groups excluding carboxylic acids is 2. The Labute approximate surface area is 101 Å². The smallest absolute Gasteiger partial charge is 0.124 e. The van der Waals surface area contributed by atoms with Crippen LogP contribution in [0.15, 0.2) is 30.3 Å². The summed E-state index contributed by atoms with van der Waals surface area (Å²) < 4.78 is 0. The normalized spacial score (nSPS) is 26.9. The number of carbonyl (C=O) groups is 2. The lowest BCUT2D eigenvalue weighted by atomic mass is 9.98. The maximum atomic E-state index is 10.9. The van der Waals surface area contributed by atoms with Crippen LogP contribution in [-0.2, 0) is 9.59 Å². The first-order valence-corrected chi connectivity index (χ1v) is 5.80. The third-order valence-corrected chi connectivity index (χ3v) is 3.19. The quantitative estimate of drug-likeness (QED) is 0.571. The number of hydrogen-bond acceptors (Lipinski definition) is 2. The molecule has 0 aliphatic heterocycles. The molecule has 0 spiro atoms. The zero-order valence-corrected chi connectivity index (χ0v) is 9.50. The van der Waals surface area contributed by atoms with Crippen molar-refractivity contribution in [2.75, 3.05) is 0 Å². The van der Waals surface area contributed by atoms with Gasteiger partial charge in [-0.05, 0) is 25.0 Å². The van der Waals surface area contributed by atoms with Crippen LogP contribution in [-0.4, -0.2) is 12.6 Å². The maximum absolute atomic E-state index is 10.9. The van der Waals surface area contributed by atoms with E-state index in [0.717, 1.165) is 18.1 Å². The third kappa shape index (κ3) is 2.82. The van der Waals surface area contributed by atoms with E-state index in [9.17, 15) is 9.59 Å². The zero-order valence-electron chi connectivity index (χ0n) is 9.50. The van der Waals surface area contributed by atoms with Crippen LogP contribution in [0.1, 0.15) is 18.4 Å². The van der Waals surface area contributed by atoms with Crippen LogP contribution in [0.5, 0.6) is 0 Å². The van der Waals surface area contributed by atoms with Crippen molar-refractivity contribution < 1.29 is 9.59 Å². The van der Waals surface area contributed by atoms with Gasteiger partial charge in [-0.15, -0.1) is 0 Å². The van der Waals surface area contributed by atoms with Crippen LogP contribution in [0.25, 0.3) is 0 Å². The van der Waals surface area contributed by atoms with Gasteiger partial charge in [0.1, 0.15) is 12.6 Å². The predicted molar refractivity (Wildman–Crippen MR) is 65.2 cm³/mol. The van der Waals surface area contributed by atoms with Crippen molar-refractivity contribution in [1.82, 2.24) is 0 Å². The summed E-state index contributed by atoms with van der Waals surface area (Å²) in [5.74, 6) is 6.14. The van der Waals surface area contributed by atoms with E-state index in [1.165, 1.54) is 0 Å². The lowest BCUT2D eigenvalue weighted by Gasteiger charge is -2.04. The molecule has 86 valence electrons. The highest BCUT2D eigenvalue weighted by molar-refractivity contribution is 5.61. The monoisotopic (exact) mass is 226 g/mol. The summed E-state index contributed by atoms with van der Waals surface area (Å²) in [5.41, 5.74) is 0.951. The molecule has 1 aliphatic rings. The topological polar surface area (TPSA) is 34.1 Å². The van der Waals surface area contributed by atoms with Crippen LogP contribution >= 0.6 is 0 Å². The molecular weight excluding hydrogens is 212 g/mol. The number of benzene rings is 1. The van der Waals surface area contributed by atoms with Gasteiger partial charge in [0.05, 0.1) is 0 Å².